The van der Waals surface area contributed by atoms with Crippen LogP contribution in [-0.2, 0) is 25.5 Å². The summed E-state index contributed by atoms with van der Waals surface area (Å²) in [7, 11) is -1.78. The topological polar surface area (TPSA) is 141 Å². The molecule has 0 unspecified atom stereocenters. The van der Waals surface area contributed by atoms with Crippen LogP contribution in [0.15, 0.2) is 30.3 Å². The summed E-state index contributed by atoms with van der Waals surface area (Å²) < 4.78 is 10.5. The van der Waals surface area contributed by atoms with Gasteiger partial charge in [-0.2, -0.15) is 0 Å². The van der Waals surface area contributed by atoms with Gasteiger partial charge < -0.3 is 40.0 Å². The Balaban J connectivity index is 1.61. The number of nitrogens with one attached hydrogen (secondary N) is 2. The third-order valence-electron chi connectivity index (χ3n) is 6.17. The number of ether oxygens (including phenoxy) is 2. The summed E-state index contributed by atoms with van der Waals surface area (Å²) in [6.07, 6.45) is 1.41. The molecule has 4 amide bonds. The first-order valence-electron chi connectivity index (χ1n) is 12.1. The maximum Gasteiger partial charge on any atom is 0.475 e. The Morgan fingerprint density at radius 1 is 0.914 bits per heavy atom. The Morgan fingerprint density at radius 3 is 2.11 bits per heavy atom. The zero-order valence-corrected chi connectivity index (χ0v) is 19.9. The SMILES string of the molecule is O=C(N[C@@H](CCCc1ccccc1)B(O)O)[C@@H](CC(=O)N1CCOCC1)NC(=O)N1CCOCC1. The molecule has 1 aromatic rings. The molecular weight excluding hydrogens is 455 g/mol. The molecule has 3 rings (SSSR count). The fraction of sp³-hybridized carbons (Fsp3) is 0.609. The average molecular weight is 490 g/mol. The molecule has 2 atom stereocenters. The van der Waals surface area contributed by atoms with E-state index in [4.69, 9.17) is 9.47 Å². The molecule has 1 aromatic carbocycles. The highest BCUT2D eigenvalue weighted by Crippen LogP contribution is 2.10. The van der Waals surface area contributed by atoms with Crippen LogP contribution in [0.25, 0.3) is 0 Å². The van der Waals surface area contributed by atoms with Gasteiger partial charge in [0.2, 0.25) is 11.8 Å². The fourth-order valence-electron chi connectivity index (χ4n) is 4.08. The summed E-state index contributed by atoms with van der Waals surface area (Å²) in [5.74, 6) is -1.85. The molecular formula is C23H35BN4O7. The maximum atomic E-state index is 13.1. The Morgan fingerprint density at radius 2 is 1.51 bits per heavy atom. The van der Waals surface area contributed by atoms with Gasteiger partial charge in [-0.3, -0.25) is 9.59 Å². The van der Waals surface area contributed by atoms with Crippen molar-refractivity contribution in [2.75, 3.05) is 52.6 Å². The largest absolute Gasteiger partial charge is 0.475 e. The molecule has 0 radical (unpaired) electrons. The molecule has 0 aliphatic carbocycles. The Bertz CT molecular complexity index is 785. The highest BCUT2D eigenvalue weighted by atomic mass is 16.5. The average Bonchev–Trinajstić information content (AvgIpc) is 2.89. The lowest BCUT2D eigenvalue weighted by Crippen LogP contribution is -2.58. The summed E-state index contributed by atoms with van der Waals surface area (Å²) in [4.78, 5) is 41.9. The predicted octanol–water partition coefficient (Wildman–Crippen LogP) is -0.835. The van der Waals surface area contributed by atoms with Crippen molar-refractivity contribution in [3.05, 3.63) is 35.9 Å². The number of hydrogen-bond donors (Lipinski definition) is 4. The minimum Gasteiger partial charge on any atom is -0.426 e. The van der Waals surface area contributed by atoms with E-state index in [1.165, 1.54) is 4.90 Å². The van der Waals surface area contributed by atoms with E-state index in [1.54, 1.807) is 4.90 Å². The molecule has 0 aromatic heterocycles. The van der Waals surface area contributed by atoms with Crippen molar-refractivity contribution in [1.82, 2.24) is 20.4 Å². The van der Waals surface area contributed by atoms with Crippen LogP contribution in [0.4, 0.5) is 4.79 Å². The number of morpholine rings is 2. The molecule has 2 heterocycles. The van der Waals surface area contributed by atoms with Gasteiger partial charge in [0.05, 0.1) is 38.8 Å². The molecule has 2 aliphatic heterocycles. The van der Waals surface area contributed by atoms with E-state index in [9.17, 15) is 24.4 Å². The number of carbonyl (C=O) groups is 3. The number of nitrogens with zero attached hydrogens (tertiary/aromatic N) is 2. The molecule has 2 saturated heterocycles. The molecule has 4 N–H and O–H groups in total. The van der Waals surface area contributed by atoms with Crippen molar-refractivity contribution in [1.29, 1.82) is 0 Å². The second-order valence-corrected chi connectivity index (χ2v) is 8.71. The van der Waals surface area contributed by atoms with Crippen LogP contribution in [0.2, 0.25) is 0 Å². The zero-order chi connectivity index (χ0) is 25.0. The molecule has 192 valence electrons. The van der Waals surface area contributed by atoms with Crippen LogP contribution >= 0.6 is 0 Å². The van der Waals surface area contributed by atoms with E-state index >= 15 is 0 Å². The summed E-state index contributed by atoms with van der Waals surface area (Å²) in [6, 6.07) is 8.14. The highest BCUT2D eigenvalue weighted by Gasteiger charge is 2.33. The van der Waals surface area contributed by atoms with Gasteiger partial charge in [0, 0.05) is 26.2 Å². The van der Waals surface area contributed by atoms with Crippen LogP contribution < -0.4 is 10.6 Å². The van der Waals surface area contributed by atoms with Crippen LogP contribution in [0.1, 0.15) is 24.8 Å². The van der Waals surface area contributed by atoms with Gasteiger partial charge in [0.1, 0.15) is 6.04 Å². The molecule has 11 nitrogen and oxygen atoms in total. The first kappa shape index (κ1) is 26.9. The smallest absolute Gasteiger partial charge is 0.426 e. The third kappa shape index (κ3) is 8.81. The molecule has 2 fully saturated rings. The molecule has 0 spiro atoms. The van der Waals surface area contributed by atoms with E-state index in [2.05, 4.69) is 10.6 Å². The lowest BCUT2D eigenvalue weighted by Gasteiger charge is -2.31. The Kier molecular flexibility index (Phi) is 10.8. The molecule has 12 heteroatoms. The summed E-state index contributed by atoms with van der Waals surface area (Å²) in [6.45, 7) is 3.24. The summed E-state index contributed by atoms with van der Waals surface area (Å²) in [5, 5.41) is 25.0. The summed E-state index contributed by atoms with van der Waals surface area (Å²) in [5.41, 5.74) is 1.11. The highest BCUT2D eigenvalue weighted by molar-refractivity contribution is 6.43. The standard InChI is InChI=1S/C23H35BN4O7/c29-21(27-9-13-34-14-10-27)17-19(25-23(31)28-11-15-35-16-12-28)22(30)26-20(24(32)33)8-4-7-18-5-2-1-3-6-18/h1-3,5-6,19-20,32-33H,4,7-17H2,(H,25,31)(H,26,30)/t19-,20+/m1/s1. The lowest BCUT2D eigenvalue weighted by atomic mass is 9.76. The van der Waals surface area contributed by atoms with Gasteiger partial charge in [-0.15, -0.1) is 0 Å². The van der Waals surface area contributed by atoms with Crippen molar-refractivity contribution in [2.45, 2.75) is 37.7 Å². The van der Waals surface area contributed by atoms with E-state index in [1.807, 2.05) is 30.3 Å². The van der Waals surface area contributed by atoms with Crippen molar-refractivity contribution in [3.63, 3.8) is 0 Å². The third-order valence-corrected chi connectivity index (χ3v) is 6.17. The normalized spacial score (nSPS) is 17.9. The van der Waals surface area contributed by atoms with Crippen LogP contribution in [0, 0.1) is 0 Å². The number of rotatable bonds is 10. The van der Waals surface area contributed by atoms with Crippen molar-refractivity contribution in [3.8, 4) is 0 Å². The van der Waals surface area contributed by atoms with E-state index in [0.717, 1.165) is 5.56 Å². The Hall–Kier alpha value is -2.67. The zero-order valence-electron chi connectivity index (χ0n) is 19.9. The maximum absolute atomic E-state index is 13.1. The molecule has 0 bridgehead atoms. The molecule has 2 aliphatic rings. The van der Waals surface area contributed by atoms with Crippen molar-refractivity contribution >= 4 is 25.0 Å². The first-order chi connectivity index (χ1) is 16.9. The van der Waals surface area contributed by atoms with E-state index in [0.29, 0.717) is 71.9 Å². The number of hydrogen-bond acceptors (Lipinski definition) is 7. The number of aryl methyl sites for hydroxylation is 1. The predicted molar refractivity (Wildman–Crippen MR) is 128 cm³/mol. The Labute approximate surface area is 205 Å². The summed E-state index contributed by atoms with van der Waals surface area (Å²) >= 11 is 0. The van der Waals surface area contributed by atoms with Gasteiger partial charge in [-0.05, 0) is 24.8 Å². The first-order valence-corrected chi connectivity index (χ1v) is 12.1. The molecule has 35 heavy (non-hydrogen) atoms. The van der Waals surface area contributed by atoms with Crippen LogP contribution in [0.3, 0.4) is 0 Å². The van der Waals surface area contributed by atoms with Gasteiger partial charge in [-0.1, -0.05) is 30.3 Å². The van der Waals surface area contributed by atoms with Gasteiger partial charge in [0.25, 0.3) is 0 Å². The molecule has 0 saturated carbocycles. The monoisotopic (exact) mass is 490 g/mol. The fourth-order valence-corrected chi connectivity index (χ4v) is 4.08. The van der Waals surface area contributed by atoms with Crippen molar-refractivity contribution < 1.29 is 33.9 Å². The second kappa shape index (κ2) is 14.0. The van der Waals surface area contributed by atoms with E-state index < -0.39 is 31.0 Å². The second-order valence-electron chi connectivity index (χ2n) is 8.71. The van der Waals surface area contributed by atoms with Crippen LogP contribution in [-0.4, -0.2) is 109 Å². The van der Waals surface area contributed by atoms with Gasteiger partial charge in [0.15, 0.2) is 0 Å². The minimum absolute atomic E-state index is 0.236. The minimum atomic E-state index is -1.78. The van der Waals surface area contributed by atoms with E-state index in [-0.39, 0.29) is 12.3 Å². The number of amides is 4. The van der Waals surface area contributed by atoms with Gasteiger partial charge in [-0.25, -0.2) is 4.79 Å². The quantitative estimate of drug-likeness (QED) is 0.314. The van der Waals surface area contributed by atoms with Crippen LogP contribution in [0.5, 0.6) is 0 Å². The van der Waals surface area contributed by atoms with Gasteiger partial charge >= 0.3 is 13.1 Å². The van der Waals surface area contributed by atoms with Crippen molar-refractivity contribution in [2.24, 2.45) is 0 Å². The number of benzene rings is 1. The number of urea groups is 1. The number of carbonyl (C=O) groups excluding carboxylic acids is 3. The lowest BCUT2D eigenvalue weighted by molar-refractivity contribution is -0.138.